The van der Waals surface area contributed by atoms with E-state index in [2.05, 4.69) is 21.7 Å². The van der Waals surface area contributed by atoms with Crippen LogP contribution in [-0.2, 0) is 11.3 Å². The van der Waals surface area contributed by atoms with Crippen LogP contribution in [0, 0.1) is 12.3 Å². The summed E-state index contributed by atoms with van der Waals surface area (Å²) in [4.78, 5) is 19.3. The first-order valence-electron chi connectivity index (χ1n) is 12.7. The zero-order valence-electron chi connectivity index (χ0n) is 20.9. The predicted molar refractivity (Wildman–Crippen MR) is 141 cm³/mol. The van der Waals surface area contributed by atoms with Crippen LogP contribution in [0.25, 0.3) is 0 Å². The van der Waals surface area contributed by atoms with Gasteiger partial charge in [-0.25, -0.2) is 15.0 Å². The number of halogens is 1. The third-order valence-electron chi connectivity index (χ3n) is 8.03. The molecule has 3 aliphatic rings. The average Bonchev–Trinajstić information content (AvgIpc) is 3.47. The second-order valence-electron chi connectivity index (χ2n) is 10.2. The Morgan fingerprint density at radius 2 is 2.03 bits per heavy atom. The van der Waals surface area contributed by atoms with E-state index in [9.17, 15) is 10.2 Å². The molecule has 1 unspecified atom stereocenters. The van der Waals surface area contributed by atoms with Crippen molar-refractivity contribution in [3.05, 3.63) is 28.7 Å². The van der Waals surface area contributed by atoms with Crippen molar-refractivity contribution in [2.45, 2.75) is 74.2 Å². The lowest BCUT2D eigenvalue weighted by atomic mass is 9.73. The molecule has 1 spiro atoms. The van der Waals surface area contributed by atoms with Gasteiger partial charge in [0.05, 0.1) is 47.6 Å². The van der Waals surface area contributed by atoms with Gasteiger partial charge in [-0.1, -0.05) is 23.4 Å². The summed E-state index contributed by atoms with van der Waals surface area (Å²) >= 11 is 8.03. The fraction of sp³-hybridized carbons (Fsp3) is 0.640. The molecule has 2 aromatic rings. The average molecular weight is 535 g/mol. The van der Waals surface area contributed by atoms with Crippen LogP contribution in [0.15, 0.2) is 22.2 Å². The van der Waals surface area contributed by atoms with Gasteiger partial charge in [-0.2, -0.15) is 0 Å². The van der Waals surface area contributed by atoms with Crippen molar-refractivity contribution >= 4 is 35.0 Å². The van der Waals surface area contributed by atoms with E-state index >= 15 is 0 Å². The fourth-order valence-electron chi connectivity index (χ4n) is 5.69. The number of aliphatic hydroxyl groups is 2. The van der Waals surface area contributed by atoms with E-state index in [-0.39, 0.29) is 36.8 Å². The lowest BCUT2D eigenvalue weighted by molar-refractivity contribution is 0.0973. The van der Waals surface area contributed by atoms with Crippen LogP contribution in [-0.4, -0.2) is 76.2 Å². The molecule has 0 bridgehead atoms. The summed E-state index contributed by atoms with van der Waals surface area (Å²) in [5.74, 6) is 1.51. The van der Waals surface area contributed by atoms with Crippen LogP contribution < -0.4 is 15.5 Å². The Kier molecular flexibility index (Phi) is 7.63. The van der Waals surface area contributed by atoms with Crippen molar-refractivity contribution in [1.29, 1.82) is 0 Å². The standard InChI is InChI=1S/C25H35ClN6O3S/c1-15-24(36-20-11-28-21(10-18(20)26)32-7-3-4-17(32)12-33)30-19(13-34)23(29-15)31-8-5-25(6-9-31)14-35-16(2)22(25)27/h10-11,16-17,22,33-34H,3-9,12-14,27H2,1-2H3/t16-,17?,22+/m0/s1. The summed E-state index contributed by atoms with van der Waals surface area (Å²) in [7, 11) is 0. The summed E-state index contributed by atoms with van der Waals surface area (Å²) in [5, 5.41) is 21.0. The number of hydrogen-bond donors (Lipinski definition) is 3. The third-order valence-corrected chi connectivity index (χ3v) is 9.58. The summed E-state index contributed by atoms with van der Waals surface area (Å²) in [5.41, 5.74) is 7.83. The maximum absolute atomic E-state index is 10.1. The van der Waals surface area contributed by atoms with Crippen LogP contribution in [0.5, 0.6) is 0 Å². The highest BCUT2D eigenvalue weighted by Crippen LogP contribution is 2.43. The van der Waals surface area contributed by atoms with Crippen LogP contribution in [0.2, 0.25) is 5.02 Å². The van der Waals surface area contributed by atoms with E-state index in [1.165, 1.54) is 11.8 Å². The Labute approximate surface area is 221 Å². The molecule has 2 aromatic heterocycles. The fourth-order valence-corrected chi connectivity index (χ4v) is 6.77. The highest BCUT2D eigenvalue weighted by molar-refractivity contribution is 7.99. The number of rotatable bonds is 6. The molecule has 0 radical (unpaired) electrons. The Bertz CT molecular complexity index is 1100. The molecule has 0 aliphatic carbocycles. The topological polar surface area (TPSA) is 121 Å². The molecule has 3 aliphatic heterocycles. The molecule has 11 heteroatoms. The van der Waals surface area contributed by atoms with Gasteiger partial charge in [-0.15, -0.1) is 0 Å². The van der Waals surface area contributed by atoms with Crippen molar-refractivity contribution < 1.29 is 14.9 Å². The normalized spacial score (nSPS) is 25.8. The van der Waals surface area contributed by atoms with Crippen molar-refractivity contribution in [1.82, 2.24) is 15.0 Å². The minimum atomic E-state index is -0.195. The summed E-state index contributed by atoms with van der Waals surface area (Å²) in [6.45, 7) is 7.08. The van der Waals surface area contributed by atoms with E-state index < -0.39 is 0 Å². The highest BCUT2D eigenvalue weighted by atomic mass is 35.5. The summed E-state index contributed by atoms with van der Waals surface area (Å²) < 4.78 is 5.85. The molecule has 3 fully saturated rings. The Morgan fingerprint density at radius 1 is 1.25 bits per heavy atom. The van der Waals surface area contributed by atoms with Crippen molar-refractivity contribution in [3.8, 4) is 0 Å². The molecule has 0 amide bonds. The second-order valence-corrected chi connectivity index (χ2v) is 11.6. The second kappa shape index (κ2) is 10.6. The van der Waals surface area contributed by atoms with E-state index in [0.29, 0.717) is 22.3 Å². The van der Waals surface area contributed by atoms with Gasteiger partial charge in [-0.3, -0.25) is 0 Å². The summed E-state index contributed by atoms with van der Waals surface area (Å²) in [6, 6.07) is 1.99. The zero-order chi connectivity index (χ0) is 25.4. The van der Waals surface area contributed by atoms with Crippen molar-refractivity contribution in [3.63, 3.8) is 0 Å². The molecule has 0 saturated carbocycles. The number of ether oxygens (including phenoxy) is 1. The molecular weight excluding hydrogens is 500 g/mol. The van der Waals surface area contributed by atoms with Crippen LogP contribution in [0.1, 0.15) is 44.0 Å². The molecule has 3 saturated heterocycles. The van der Waals surface area contributed by atoms with E-state index in [4.69, 9.17) is 32.0 Å². The first kappa shape index (κ1) is 25.9. The van der Waals surface area contributed by atoms with Crippen LogP contribution in [0.4, 0.5) is 11.6 Å². The Balaban J connectivity index is 1.32. The lowest BCUT2D eigenvalue weighted by Crippen LogP contribution is -2.51. The van der Waals surface area contributed by atoms with Gasteiger partial charge in [0.15, 0.2) is 5.82 Å². The van der Waals surface area contributed by atoms with Crippen molar-refractivity contribution in [2.75, 3.05) is 42.6 Å². The largest absolute Gasteiger partial charge is 0.394 e. The molecule has 3 atom stereocenters. The number of hydrogen-bond acceptors (Lipinski definition) is 10. The molecule has 36 heavy (non-hydrogen) atoms. The summed E-state index contributed by atoms with van der Waals surface area (Å²) in [6.07, 6.45) is 5.69. The Morgan fingerprint density at radius 3 is 2.67 bits per heavy atom. The predicted octanol–water partition coefficient (Wildman–Crippen LogP) is 2.77. The van der Waals surface area contributed by atoms with Gasteiger partial charge in [0.25, 0.3) is 0 Å². The minimum Gasteiger partial charge on any atom is -0.394 e. The van der Waals surface area contributed by atoms with E-state index in [1.807, 2.05) is 13.0 Å². The molecule has 5 heterocycles. The monoisotopic (exact) mass is 534 g/mol. The van der Waals surface area contributed by atoms with Crippen molar-refractivity contribution in [2.24, 2.45) is 11.1 Å². The number of nitrogens with two attached hydrogens (primary N) is 1. The number of anilines is 2. The van der Waals surface area contributed by atoms with E-state index in [0.717, 1.165) is 67.5 Å². The number of pyridine rings is 1. The zero-order valence-corrected chi connectivity index (χ0v) is 22.4. The SMILES string of the molecule is Cc1nc(N2CCC3(CC2)CO[C@@H](C)[C@H]3N)c(CO)nc1Sc1cnc(N2CCCC2CO)cc1Cl. The number of nitrogens with zero attached hydrogens (tertiary/aromatic N) is 5. The van der Waals surface area contributed by atoms with Gasteiger partial charge in [-0.05, 0) is 39.5 Å². The number of piperidine rings is 1. The van der Waals surface area contributed by atoms with Gasteiger partial charge in [0.2, 0.25) is 0 Å². The molecular formula is C25H35ClN6O3S. The minimum absolute atomic E-state index is 0.0235. The molecule has 4 N–H and O–H groups in total. The number of aliphatic hydroxyl groups excluding tert-OH is 2. The number of aromatic nitrogens is 3. The first-order chi connectivity index (χ1) is 17.3. The molecule has 5 rings (SSSR count). The van der Waals surface area contributed by atoms with Gasteiger partial charge in [0, 0.05) is 43.4 Å². The molecule has 9 nitrogen and oxygen atoms in total. The maximum atomic E-state index is 10.1. The van der Waals surface area contributed by atoms with Gasteiger partial charge < -0.3 is 30.5 Å². The third kappa shape index (κ3) is 4.79. The molecule has 196 valence electrons. The van der Waals surface area contributed by atoms with Gasteiger partial charge in [0.1, 0.15) is 16.5 Å². The Hall–Kier alpha value is -1.69. The smallest absolute Gasteiger partial charge is 0.153 e. The van der Waals surface area contributed by atoms with Gasteiger partial charge >= 0.3 is 0 Å². The maximum Gasteiger partial charge on any atom is 0.153 e. The molecule has 0 aromatic carbocycles. The van der Waals surface area contributed by atoms with E-state index in [1.54, 1.807) is 6.20 Å². The van der Waals surface area contributed by atoms with Crippen LogP contribution in [0.3, 0.4) is 0 Å². The highest BCUT2D eigenvalue weighted by Gasteiger charge is 2.47. The van der Waals surface area contributed by atoms with Crippen LogP contribution >= 0.6 is 23.4 Å². The quantitative estimate of drug-likeness (QED) is 0.510. The first-order valence-corrected chi connectivity index (χ1v) is 13.9. The number of aryl methyl sites for hydroxylation is 1. The lowest BCUT2D eigenvalue weighted by Gasteiger charge is -2.42.